The second-order valence-corrected chi connectivity index (χ2v) is 6.08. The van der Waals surface area contributed by atoms with Gasteiger partial charge in [-0.05, 0) is 39.0 Å². The average molecular weight is 255 g/mol. The van der Waals surface area contributed by atoms with Crippen LogP contribution in [0.15, 0.2) is 0 Å². The van der Waals surface area contributed by atoms with E-state index in [9.17, 15) is 5.11 Å². The number of nitrogens with zero attached hydrogens (tertiary/aromatic N) is 1. The van der Waals surface area contributed by atoms with Crippen molar-refractivity contribution < 1.29 is 9.84 Å². The van der Waals surface area contributed by atoms with Crippen LogP contribution < -0.4 is 0 Å². The van der Waals surface area contributed by atoms with Crippen LogP contribution in [0.3, 0.4) is 0 Å². The van der Waals surface area contributed by atoms with Crippen LogP contribution in [-0.2, 0) is 4.74 Å². The van der Waals surface area contributed by atoms with E-state index in [0.717, 1.165) is 19.7 Å². The first-order valence-electron chi connectivity index (χ1n) is 7.79. The molecule has 0 radical (unpaired) electrons. The molecule has 106 valence electrons. The minimum absolute atomic E-state index is 0.226. The number of hydrogen-bond acceptors (Lipinski definition) is 3. The Morgan fingerprint density at radius 2 is 1.83 bits per heavy atom. The van der Waals surface area contributed by atoms with Crippen molar-refractivity contribution in [3.63, 3.8) is 0 Å². The predicted molar refractivity (Wildman–Crippen MR) is 73.7 cm³/mol. The van der Waals surface area contributed by atoms with Gasteiger partial charge in [0.25, 0.3) is 0 Å². The molecular formula is C15H29NO2. The fourth-order valence-electron chi connectivity index (χ4n) is 3.37. The Balaban J connectivity index is 1.86. The SMILES string of the molecule is CC(O)CN(CC1CCCCO1)C1CCCCC1. The lowest BCUT2D eigenvalue weighted by molar-refractivity contribution is -0.0258. The number of aliphatic hydroxyl groups excluding tert-OH is 1. The van der Waals surface area contributed by atoms with Gasteiger partial charge in [-0.3, -0.25) is 4.90 Å². The minimum atomic E-state index is -0.226. The van der Waals surface area contributed by atoms with Crippen molar-refractivity contribution in [1.82, 2.24) is 4.90 Å². The van der Waals surface area contributed by atoms with Gasteiger partial charge in [0.1, 0.15) is 0 Å². The zero-order valence-electron chi connectivity index (χ0n) is 11.8. The van der Waals surface area contributed by atoms with Crippen molar-refractivity contribution in [1.29, 1.82) is 0 Å². The van der Waals surface area contributed by atoms with Crippen LogP contribution in [0.25, 0.3) is 0 Å². The highest BCUT2D eigenvalue weighted by Crippen LogP contribution is 2.24. The summed E-state index contributed by atoms with van der Waals surface area (Å²) in [6.45, 7) is 4.66. The Morgan fingerprint density at radius 1 is 1.11 bits per heavy atom. The van der Waals surface area contributed by atoms with E-state index in [2.05, 4.69) is 4.90 Å². The topological polar surface area (TPSA) is 32.7 Å². The van der Waals surface area contributed by atoms with Crippen LogP contribution >= 0.6 is 0 Å². The Morgan fingerprint density at radius 3 is 2.44 bits per heavy atom. The maximum Gasteiger partial charge on any atom is 0.0702 e. The largest absolute Gasteiger partial charge is 0.392 e. The first kappa shape index (κ1) is 14.3. The first-order valence-corrected chi connectivity index (χ1v) is 7.79. The summed E-state index contributed by atoms with van der Waals surface area (Å²) in [5, 5.41) is 9.70. The highest BCUT2D eigenvalue weighted by molar-refractivity contribution is 4.80. The van der Waals surface area contributed by atoms with Gasteiger partial charge in [-0.25, -0.2) is 0 Å². The molecule has 2 atom stereocenters. The lowest BCUT2D eigenvalue weighted by Gasteiger charge is -2.38. The van der Waals surface area contributed by atoms with E-state index in [-0.39, 0.29) is 6.10 Å². The molecule has 2 aliphatic rings. The van der Waals surface area contributed by atoms with Crippen LogP contribution in [0.4, 0.5) is 0 Å². The highest BCUT2D eigenvalue weighted by atomic mass is 16.5. The van der Waals surface area contributed by atoms with Gasteiger partial charge in [0.15, 0.2) is 0 Å². The van der Waals surface area contributed by atoms with Crippen molar-refractivity contribution in [2.45, 2.75) is 76.5 Å². The lowest BCUT2D eigenvalue weighted by Crippen LogP contribution is -2.46. The third-order valence-electron chi connectivity index (χ3n) is 4.30. The molecule has 1 N–H and O–H groups in total. The van der Waals surface area contributed by atoms with Crippen molar-refractivity contribution in [3.05, 3.63) is 0 Å². The molecule has 1 saturated heterocycles. The second-order valence-electron chi connectivity index (χ2n) is 6.08. The van der Waals surface area contributed by atoms with E-state index in [0.29, 0.717) is 12.1 Å². The third kappa shape index (κ3) is 4.52. The monoisotopic (exact) mass is 255 g/mol. The zero-order valence-corrected chi connectivity index (χ0v) is 11.8. The molecule has 3 nitrogen and oxygen atoms in total. The van der Waals surface area contributed by atoms with Gasteiger partial charge in [0.05, 0.1) is 12.2 Å². The van der Waals surface area contributed by atoms with Crippen molar-refractivity contribution >= 4 is 0 Å². The quantitative estimate of drug-likeness (QED) is 0.819. The minimum Gasteiger partial charge on any atom is -0.392 e. The predicted octanol–water partition coefficient (Wildman–Crippen LogP) is 2.57. The second kappa shape index (κ2) is 7.46. The summed E-state index contributed by atoms with van der Waals surface area (Å²) < 4.78 is 5.86. The number of hydrogen-bond donors (Lipinski definition) is 1. The Labute approximate surface area is 112 Å². The van der Waals surface area contributed by atoms with Crippen LogP contribution in [0.2, 0.25) is 0 Å². The molecule has 18 heavy (non-hydrogen) atoms. The van der Waals surface area contributed by atoms with Gasteiger partial charge in [0.2, 0.25) is 0 Å². The molecule has 0 bridgehead atoms. The normalized spacial score (nSPS) is 28.5. The standard InChI is InChI=1S/C15H29NO2/c1-13(17)11-16(14-7-3-2-4-8-14)12-15-9-5-6-10-18-15/h13-15,17H,2-12H2,1H3. The fourth-order valence-corrected chi connectivity index (χ4v) is 3.37. The maximum atomic E-state index is 9.70. The Hall–Kier alpha value is -0.120. The molecule has 3 heteroatoms. The molecule has 0 aromatic rings. The van der Waals surface area contributed by atoms with Crippen LogP contribution in [-0.4, -0.2) is 48.0 Å². The van der Waals surface area contributed by atoms with Crippen molar-refractivity contribution in [2.75, 3.05) is 19.7 Å². The van der Waals surface area contributed by atoms with E-state index < -0.39 is 0 Å². The molecule has 1 aliphatic carbocycles. The molecule has 2 fully saturated rings. The Bertz CT molecular complexity index is 221. The summed E-state index contributed by atoms with van der Waals surface area (Å²) in [5.74, 6) is 0. The van der Waals surface area contributed by atoms with Crippen LogP contribution in [0.1, 0.15) is 58.3 Å². The number of aliphatic hydroxyl groups is 1. The molecule has 0 spiro atoms. The zero-order chi connectivity index (χ0) is 12.8. The van der Waals surface area contributed by atoms with Gasteiger partial charge in [0, 0.05) is 25.7 Å². The molecular weight excluding hydrogens is 226 g/mol. The summed E-state index contributed by atoms with van der Waals surface area (Å²) in [4.78, 5) is 2.50. The molecule has 1 aliphatic heterocycles. The average Bonchev–Trinajstić information content (AvgIpc) is 2.40. The molecule has 2 rings (SSSR count). The smallest absolute Gasteiger partial charge is 0.0702 e. The summed E-state index contributed by atoms with van der Waals surface area (Å²) in [7, 11) is 0. The molecule has 0 aromatic carbocycles. The first-order chi connectivity index (χ1) is 8.75. The Kier molecular flexibility index (Phi) is 5.93. The molecule has 1 saturated carbocycles. The summed E-state index contributed by atoms with van der Waals surface area (Å²) >= 11 is 0. The van der Waals surface area contributed by atoms with Crippen molar-refractivity contribution in [3.8, 4) is 0 Å². The number of ether oxygens (including phenoxy) is 1. The van der Waals surface area contributed by atoms with Crippen LogP contribution in [0.5, 0.6) is 0 Å². The molecule has 0 aromatic heterocycles. The maximum absolute atomic E-state index is 9.70. The lowest BCUT2D eigenvalue weighted by atomic mass is 9.93. The van der Waals surface area contributed by atoms with Gasteiger partial charge in [-0.1, -0.05) is 19.3 Å². The highest BCUT2D eigenvalue weighted by Gasteiger charge is 2.25. The van der Waals surface area contributed by atoms with Crippen LogP contribution in [0, 0.1) is 0 Å². The molecule has 1 heterocycles. The van der Waals surface area contributed by atoms with Gasteiger partial charge >= 0.3 is 0 Å². The summed E-state index contributed by atoms with van der Waals surface area (Å²) in [5.41, 5.74) is 0. The molecule has 2 unspecified atom stereocenters. The summed E-state index contributed by atoms with van der Waals surface area (Å²) in [6, 6.07) is 0.680. The third-order valence-corrected chi connectivity index (χ3v) is 4.30. The van der Waals surface area contributed by atoms with Crippen molar-refractivity contribution in [2.24, 2.45) is 0 Å². The summed E-state index contributed by atoms with van der Waals surface area (Å²) in [6.07, 6.45) is 10.6. The molecule has 0 amide bonds. The van der Waals surface area contributed by atoms with E-state index in [1.807, 2.05) is 6.92 Å². The van der Waals surface area contributed by atoms with E-state index >= 15 is 0 Å². The van der Waals surface area contributed by atoms with E-state index in [1.165, 1.54) is 51.4 Å². The van der Waals surface area contributed by atoms with Gasteiger partial charge in [-0.15, -0.1) is 0 Å². The fraction of sp³-hybridized carbons (Fsp3) is 1.00. The van der Waals surface area contributed by atoms with E-state index in [4.69, 9.17) is 4.74 Å². The van der Waals surface area contributed by atoms with Gasteiger partial charge < -0.3 is 9.84 Å². The van der Waals surface area contributed by atoms with E-state index in [1.54, 1.807) is 0 Å². The number of rotatable bonds is 5. The van der Waals surface area contributed by atoms with Gasteiger partial charge in [-0.2, -0.15) is 0 Å².